The van der Waals surface area contributed by atoms with Gasteiger partial charge in [-0.25, -0.2) is 4.98 Å². The number of para-hydroxylation sites is 1. The molecule has 0 radical (unpaired) electrons. The van der Waals surface area contributed by atoms with Crippen LogP contribution in [-0.2, 0) is 0 Å². The summed E-state index contributed by atoms with van der Waals surface area (Å²) in [7, 11) is 1.52. The SMILES string of the molecule is COc1ccccc1C(=O)NNc1nc2ccc(Cl)cc2s1. The second-order valence-corrected chi connectivity index (χ2v) is 5.88. The van der Waals surface area contributed by atoms with Gasteiger partial charge in [0.05, 0.1) is 22.9 Å². The van der Waals surface area contributed by atoms with Gasteiger partial charge in [0, 0.05) is 5.02 Å². The van der Waals surface area contributed by atoms with Crippen LogP contribution in [0.15, 0.2) is 42.5 Å². The Morgan fingerprint density at radius 3 is 2.91 bits per heavy atom. The smallest absolute Gasteiger partial charge is 0.273 e. The van der Waals surface area contributed by atoms with Crippen LogP contribution in [0.4, 0.5) is 5.13 Å². The number of hydrogen-bond donors (Lipinski definition) is 2. The molecule has 7 heteroatoms. The van der Waals surface area contributed by atoms with Crippen LogP contribution in [0, 0.1) is 0 Å². The third kappa shape index (κ3) is 2.98. The van der Waals surface area contributed by atoms with Crippen LogP contribution in [0.2, 0.25) is 5.02 Å². The van der Waals surface area contributed by atoms with E-state index in [2.05, 4.69) is 15.8 Å². The Balaban J connectivity index is 1.74. The van der Waals surface area contributed by atoms with Gasteiger partial charge in [-0.05, 0) is 30.3 Å². The number of nitrogens with one attached hydrogen (secondary N) is 2. The van der Waals surface area contributed by atoms with Crippen LogP contribution in [0.3, 0.4) is 0 Å². The fraction of sp³-hybridized carbons (Fsp3) is 0.0667. The fourth-order valence-electron chi connectivity index (χ4n) is 1.96. The number of fused-ring (bicyclic) bond motifs is 1. The van der Waals surface area contributed by atoms with Crippen LogP contribution in [0.1, 0.15) is 10.4 Å². The van der Waals surface area contributed by atoms with E-state index < -0.39 is 0 Å². The van der Waals surface area contributed by atoms with E-state index in [0.717, 1.165) is 10.2 Å². The first kappa shape index (κ1) is 14.6. The molecule has 2 N–H and O–H groups in total. The Bertz CT molecular complexity index is 835. The molecule has 0 aliphatic carbocycles. The van der Waals surface area contributed by atoms with E-state index >= 15 is 0 Å². The van der Waals surface area contributed by atoms with Gasteiger partial charge in [0.25, 0.3) is 5.91 Å². The standard InChI is InChI=1S/C15H12ClN3O2S/c1-21-12-5-3-2-4-10(12)14(20)18-19-15-17-11-7-6-9(16)8-13(11)22-15/h2-8H,1H3,(H,17,19)(H,18,20). The number of rotatable bonds is 4. The predicted octanol–water partition coefficient (Wildman–Crippen LogP) is 3.72. The number of halogens is 1. The summed E-state index contributed by atoms with van der Waals surface area (Å²) in [6, 6.07) is 12.4. The molecule has 0 saturated heterocycles. The fourth-order valence-corrected chi connectivity index (χ4v) is 3.06. The number of thiazole rings is 1. The lowest BCUT2D eigenvalue weighted by Gasteiger charge is -2.08. The van der Waals surface area contributed by atoms with E-state index in [1.807, 2.05) is 12.1 Å². The molecule has 0 aliphatic rings. The van der Waals surface area contributed by atoms with Crippen molar-refractivity contribution in [3.05, 3.63) is 53.1 Å². The van der Waals surface area contributed by atoms with E-state index in [1.54, 1.807) is 30.3 Å². The van der Waals surface area contributed by atoms with Crippen LogP contribution < -0.4 is 15.6 Å². The molecule has 22 heavy (non-hydrogen) atoms. The van der Waals surface area contributed by atoms with Crippen LogP contribution in [0.25, 0.3) is 10.2 Å². The Hall–Kier alpha value is -2.31. The van der Waals surface area contributed by atoms with Crippen LogP contribution >= 0.6 is 22.9 Å². The number of carbonyl (C=O) groups is 1. The molecule has 0 fully saturated rings. The highest BCUT2D eigenvalue weighted by atomic mass is 35.5. The van der Waals surface area contributed by atoms with Gasteiger partial charge in [-0.2, -0.15) is 0 Å². The summed E-state index contributed by atoms with van der Waals surface area (Å²) in [4.78, 5) is 16.5. The highest BCUT2D eigenvalue weighted by Crippen LogP contribution is 2.28. The molecule has 0 saturated carbocycles. The normalized spacial score (nSPS) is 10.5. The zero-order valence-electron chi connectivity index (χ0n) is 11.6. The summed E-state index contributed by atoms with van der Waals surface area (Å²) in [6.07, 6.45) is 0. The molecule has 5 nitrogen and oxygen atoms in total. The summed E-state index contributed by atoms with van der Waals surface area (Å²) in [5, 5.41) is 1.24. The molecule has 2 aromatic carbocycles. The van der Waals surface area contributed by atoms with E-state index in [9.17, 15) is 4.79 Å². The molecule has 1 heterocycles. The van der Waals surface area contributed by atoms with Gasteiger partial charge in [0.2, 0.25) is 5.13 Å². The summed E-state index contributed by atoms with van der Waals surface area (Å²) < 4.78 is 6.11. The van der Waals surface area contributed by atoms with Crippen molar-refractivity contribution in [1.82, 2.24) is 10.4 Å². The van der Waals surface area contributed by atoms with Gasteiger partial charge >= 0.3 is 0 Å². The molecule has 1 amide bonds. The third-order valence-electron chi connectivity index (χ3n) is 2.99. The van der Waals surface area contributed by atoms with Crippen molar-refractivity contribution >= 4 is 44.2 Å². The summed E-state index contributed by atoms with van der Waals surface area (Å²) in [5.74, 6) is 0.215. The van der Waals surface area contributed by atoms with Crippen molar-refractivity contribution < 1.29 is 9.53 Å². The number of aromatic nitrogens is 1. The van der Waals surface area contributed by atoms with Crippen molar-refractivity contribution in [2.75, 3.05) is 12.5 Å². The van der Waals surface area contributed by atoms with Gasteiger partial charge in [-0.15, -0.1) is 0 Å². The molecular weight excluding hydrogens is 322 g/mol. The lowest BCUT2D eigenvalue weighted by Crippen LogP contribution is -2.29. The summed E-state index contributed by atoms with van der Waals surface area (Å²) >= 11 is 7.35. The molecule has 0 bridgehead atoms. The Labute approximate surface area is 135 Å². The van der Waals surface area contributed by atoms with Gasteiger partial charge in [-0.1, -0.05) is 35.1 Å². The monoisotopic (exact) mass is 333 g/mol. The lowest BCUT2D eigenvalue weighted by molar-refractivity contribution is 0.0959. The summed E-state index contributed by atoms with van der Waals surface area (Å²) in [5.41, 5.74) is 6.69. The van der Waals surface area contributed by atoms with Crippen LogP contribution in [-0.4, -0.2) is 18.0 Å². The maximum atomic E-state index is 12.2. The number of hydrazine groups is 1. The van der Waals surface area contributed by atoms with Gasteiger partial charge in [0.15, 0.2) is 0 Å². The second-order valence-electron chi connectivity index (χ2n) is 4.41. The molecule has 3 aromatic rings. The average Bonchev–Trinajstić information content (AvgIpc) is 2.94. The predicted molar refractivity (Wildman–Crippen MR) is 88.7 cm³/mol. The maximum absolute atomic E-state index is 12.2. The zero-order valence-corrected chi connectivity index (χ0v) is 13.2. The van der Waals surface area contributed by atoms with E-state index in [0.29, 0.717) is 21.5 Å². The lowest BCUT2D eigenvalue weighted by atomic mass is 10.2. The first-order valence-electron chi connectivity index (χ1n) is 6.43. The largest absolute Gasteiger partial charge is 0.496 e. The van der Waals surface area contributed by atoms with Crippen LogP contribution in [0.5, 0.6) is 5.75 Å². The highest BCUT2D eigenvalue weighted by molar-refractivity contribution is 7.22. The summed E-state index contributed by atoms with van der Waals surface area (Å²) in [6.45, 7) is 0. The van der Waals surface area contributed by atoms with Crippen molar-refractivity contribution in [1.29, 1.82) is 0 Å². The number of methoxy groups -OCH3 is 1. The minimum absolute atomic E-state index is 0.297. The minimum Gasteiger partial charge on any atom is -0.496 e. The number of amides is 1. The van der Waals surface area contributed by atoms with Crippen molar-refractivity contribution in [2.45, 2.75) is 0 Å². The molecule has 3 rings (SSSR count). The molecule has 112 valence electrons. The molecule has 0 aliphatic heterocycles. The van der Waals surface area contributed by atoms with Crippen molar-refractivity contribution in [3.8, 4) is 5.75 Å². The number of ether oxygens (including phenoxy) is 1. The Kier molecular flexibility index (Phi) is 4.13. The van der Waals surface area contributed by atoms with Crippen molar-refractivity contribution in [2.24, 2.45) is 0 Å². The number of carbonyl (C=O) groups excluding carboxylic acids is 1. The highest BCUT2D eigenvalue weighted by Gasteiger charge is 2.12. The van der Waals surface area contributed by atoms with E-state index in [1.165, 1.54) is 18.4 Å². The molecule has 0 spiro atoms. The van der Waals surface area contributed by atoms with E-state index in [-0.39, 0.29) is 5.91 Å². The maximum Gasteiger partial charge on any atom is 0.273 e. The first-order valence-corrected chi connectivity index (χ1v) is 7.62. The molecule has 0 unspecified atom stereocenters. The molecule has 1 aromatic heterocycles. The van der Waals surface area contributed by atoms with E-state index in [4.69, 9.17) is 16.3 Å². The zero-order chi connectivity index (χ0) is 15.5. The Morgan fingerprint density at radius 1 is 1.27 bits per heavy atom. The Morgan fingerprint density at radius 2 is 2.09 bits per heavy atom. The number of anilines is 1. The van der Waals surface area contributed by atoms with Gasteiger partial charge in [-0.3, -0.25) is 15.6 Å². The molecule has 0 atom stereocenters. The number of benzene rings is 2. The number of hydrogen-bond acceptors (Lipinski definition) is 5. The number of nitrogens with zero attached hydrogens (tertiary/aromatic N) is 1. The van der Waals surface area contributed by atoms with Gasteiger partial charge in [0.1, 0.15) is 5.75 Å². The average molecular weight is 334 g/mol. The topological polar surface area (TPSA) is 63.2 Å². The second kappa shape index (κ2) is 6.21. The third-order valence-corrected chi connectivity index (χ3v) is 4.15. The first-order chi connectivity index (χ1) is 10.7. The quantitative estimate of drug-likeness (QED) is 0.714. The van der Waals surface area contributed by atoms with Crippen molar-refractivity contribution in [3.63, 3.8) is 0 Å². The van der Waals surface area contributed by atoms with Gasteiger partial charge < -0.3 is 4.74 Å². The molecular formula is C15H12ClN3O2S. The minimum atomic E-state index is -0.297.